The molecule has 1 aliphatic carbocycles. The van der Waals surface area contributed by atoms with Gasteiger partial charge in [0.2, 0.25) is 5.91 Å². The molecule has 0 unspecified atom stereocenters. The molecule has 11 heteroatoms. The van der Waals surface area contributed by atoms with Crippen LogP contribution in [-0.4, -0.2) is 73.4 Å². The fraction of sp³-hybridized carbons (Fsp3) is 0.737. The van der Waals surface area contributed by atoms with Crippen molar-refractivity contribution in [1.29, 1.82) is 0 Å². The second-order valence-corrected chi connectivity index (χ2v) is 7.61. The number of nitrogens with one attached hydrogen (secondary N) is 1. The predicted octanol–water partition coefficient (Wildman–Crippen LogP) is 0.898. The number of piperidine rings is 1. The highest BCUT2D eigenvalue weighted by atomic mass is 19.4. The molecule has 1 saturated heterocycles. The number of carbonyl (C=O) groups excluding carboxylic acids is 3. The van der Waals surface area contributed by atoms with E-state index in [0.717, 1.165) is 12.8 Å². The molecule has 1 amide bonds. The summed E-state index contributed by atoms with van der Waals surface area (Å²) in [5, 5.41) is 2.78. The zero-order chi connectivity index (χ0) is 22.5. The molecule has 0 aromatic heterocycles. The summed E-state index contributed by atoms with van der Waals surface area (Å²) in [5.74, 6) is -4.01. The number of ether oxygens (including phenoxy) is 2. The summed E-state index contributed by atoms with van der Waals surface area (Å²) in [6.45, 7) is 5.67. The molecular formula is C19H28F3N3O5. The summed E-state index contributed by atoms with van der Waals surface area (Å²) >= 11 is 0. The van der Waals surface area contributed by atoms with Gasteiger partial charge in [0, 0.05) is 31.7 Å². The Hall–Kier alpha value is -1.98. The normalized spacial score (nSPS) is 27.9. The lowest BCUT2D eigenvalue weighted by molar-refractivity contribution is -0.200. The van der Waals surface area contributed by atoms with E-state index in [1.807, 2.05) is 11.8 Å². The van der Waals surface area contributed by atoms with Gasteiger partial charge in [-0.2, -0.15) is 13.2 Å². The standard InChI is InChI=1S/C19H28F3N3O5/c1-3-29-10-12-5-4-6-25(9-12)15-8-13(7-14(23)16(15)24-11(2)26)17(27)30-18(28)19(20,21)22/h8,12,14-16H,3-7,9-10,23H2,1-2H3,(H,24,26)/t12-,14-,15+,16+/m0/s1. The minimum atomic E-state index is -5.27. The van der Waals surface area contributed by atoms with E-state index >= 15 is 0 Å². The van der Waals surface area contributed by atoms with Gasteiger partial charge in [0.15, 0.2) is 0 Å². The van der Waals surface area contributed by atoms with E-state index in [0.29, 0.717) is 26.3 Å². The molecule has 0 radical (unpaired) electrons. The van der Waals surface area contributed by atoms with E-state index in [2.05, 4.69) is 10.1 Å². The molecule has 30 heavy (non-hydrogen) atoms. The molecule has 0 spiro atoms. The van der Waals surface area contributed by atoms with Crippen molar-refractivity contribution >= 4 is 17.8 Å². The van der Waals surface area contributed by atoms with Gasteiger partial charge in [-0.15, -0.1) is 0 Å². The average Bonchev–Trinajstić information content (AvgIpc) is 2.66. The Morgan fingerprint density at radius 1 is 1.33 bits per heavy atom. The Morgan fingerprint density at radius 3 is 2.63 bits per heavy atom. The minimum absolute atomic E-state index is 0.112. The first-order valence-electron chi connectivity index (χ1n) is 9.91. The summed E-state index contributed by atoms with van der Waals surface area (Å²) in [4.78, 5) is 36.9. The van der Waals surface area contributed by atoms with Crippen molar-refractivity contribution in [2.24, 2.45) is 11.7 Å². The lowest BCUT2D eigenvalue weighted by Crippen LogP contribution is -2.62. The van der Waals surface area contributed by atoms with Gasteiger partial charge in [-0.3, -0.25) is 9.69 Å². The first-order chi connectivity index (χ1) is 14.0. The summed E-state index contributed by atoms with van der Waals surface area (Å²) in [7, 11) is 0. The third kappa shape index (κ3) is 6.51. The van der Waals surface area contributed by atoms with E-state index in [1.165, 1.54) is 13.0 Å². The molecule has 1 fully saturated rings. The molecule has 1 aliphatic heterocycles. The highest BCUT2D eigenvalue weighted by Gasteiger charge is 2.44. The van der Waals surface area contributed by atoms with Gasteiger partial charge in [0.1, 0.15) is 0 Å². The van der Waals surface area contributed by atoms with Crippen LogP contribution in [0, 0.1) is 5.92 Å². The fourth-order valence-electron chi connectivity index (χ4n) is 3.92. The van der Waals surface area contributed by atoms with E-state index in [9.17, 15) is 27.6 Å². The summed E-state index contributed by atoms with van der Waals surface area (Å²) in [5.41, 5.74) is 6.05. The molecule has 2 aliphatic rings. The van der Waals surface area contributed by atoms with Gasteiger partial charge in [-0.25, -0.2) is 9.59 Å². The van der Waals surface area contributed by atoms with Crippen molar-refractivity contribution in [3.63, 3.8) is 0 Å². The molecule has 0 saturated carbocycles. The lowest BCUT2D eigenvalue weighted by Gasteiger charge is -2.44. The van der Waals surface area contributed by atoms with Crippen molar-refractivity contribution in [1.82, 2.24) is 10.2 Å². The quantitative estimate of drug-likeness (QED) is 0.471. The van der Waals surface area contributed by atoms with Gasteiger partial charge < -0.3 is 20.5 Å². The Labute approximate surface area is 172 Å². The zero-order valence-corrected chi connectivity index (χ0v) is 17.0. The molecule has 170 valence electrons. The maximum Gasteiger partial charge on any atom is 0.491 e. The van der Waals surface area contributed by atoms with Crippen LogP contribution in [0.25, 0.3) is 0 Å². The first-order valence-corrected chi connectivity index (χ1v) is 9.91. The average molecular weight is 435 g/mol. The number of likely N-dealkylation sites (tertiary alicyclic amines) is 1. The molecule has 0 aromatic rings. The van der Waals surface area contributed by atoms with Gasteiger partial charge in [0.05, 0.1) is 18.7 Å². The second-order valence-electron chi connectivity index (χ2n) is 7.61. The van der Waals surface area contributed by atoms with Gasteiger partial charge in [0.25, 0.3) is 0 Å². The third-order valence-electron chi connectivity index (χ3n) is 5.24. The van der Waals surface area contributed by atoms with Gasteiger partial charge >= 0.3 is 18.1 Å². The van der Waals surface area contributed by atoms with Crippen LogP contribution in [-0.2, 0) is 23.9 Å². The number of hydrogen-bond acceptors (Lipinski definition) is 7. The molecule has 4 atom stereocenters. The Kier molecular flexibility index (Phi) is 8.39. The Bertz CT molecular complexity index is 683. The van der Waals surface area contributed by atoms with Gasteiger partial charge in [-0.1, -0.05) is 6.08 Å². The second kappa shape index (κ2) is 10.4. The van der Waals surface area contributed by atoms with Crippen LogP contribution in [0.3, 0.4) is 0 Å². The van der Waals surface area contributed by atoms with Crippen LogP contribution in [0.4, 0.5) is 13.2 Å². The maximum atomic E-state index is 12.4. The number of nitrogens with two attached hydrogens (primary N) is 1. The number of esters is 2. The van der Waals surface area contributed by atoms with Crippen LogP contribution in [0.1, 0.15) is 33.1 Å². The van der Waals surface area contributed by atoms with Crippen molar-refractivity contribution in [2.75, 3.05) is 26.3 Å². The van der Waals surface area contributed by atoms with Crippen LogP contribution in [0.2, 0.25) is 0 Å². The first kappa shape index (κ1) is 24.3. The monoisotopic (exact) mass is 435 g/mol. The minimum Gasteiger partial charge on any atom is -0.383 e. The number of nitrogens with zero attached hydrogens (tertiary/aromatic N) is 1. The molecule has 8 nitrogen and oxygen atoms in total. The maximum absolute atomic E-state index is 12.4. The number of carbonyl (C=O) groups is 3. The van der Waals surface area contributed by atoms with Crippen molar-refractivity contribution < 1.29 is 37.0 Å². The smallest absolute Gasteiger partial charge is 0.383 e. The Morgan fingerprint density at radius 2 is 2.03 bits per heavy atom. The highest BCUT2D eigenvalue weighted by molar-refractivity contribution is 5.98. The van der Waals surface area contributed by atoms with Crippen LogP contribution in [0.15, 0.2) is 11.6 Å². The topological polar surface area (TPSA) is 111 Å². The summed E-state index contributed by atoms with van der Waals surface area (Å²) in [6, 6.07) is -1.80. The molecule has 0 aromatic carbocycles. The molecular weight excluding hydrogens is 407 g/mol. The van der Waals surface area contributed by atoms with Gasteiger partial charge in [-0.05, 0) is 38.6 Å². The van der Waals surface area contributed by atoms with Crippen LogP contribution >= 0.6 is 0 Å². The number of amides is 1. The summed E-state index contributed by atoms with van der Waals surface area (Å²) < 4.78 is 46.8. The zero-order valence-electron chi connectivity index (χ0n) is 17.0. The van der Waals surface area contributed by atoms with E-state index in [1.54, 1.807) is 0 Å². The van der Waals surface area contributed by atoms with Crippen LogP contribution < -0.4 is 11.1 Å². The third-order valence-corrected chi connectivity index (χ3v) is 5.24. The predicted molar refractivity (Wildman–Crippen MR) is 100 cm³/mol. The number of alkyl halides is 3. The lowest BCUT2D eigenvalue weighted by atomic mass is 9.84. The Balaban J connectivity index is 2.24. The summed E-state index contributed by atoms with van der Waals surface area (Å²) in [6.07, 6.45) is -2.12. The largest absolute Gasteiger partial charge is 0.491 e. The highest BCUT2D eigenvalue weighted by Crippen LogP contribution is 2.28. The van der Waals surface area contributed by atoms with E-state index in [4.69, 9.17) is 10.5 Å². The molecule has 2 rings (SSSR count). The van der Waals surface area contributed by atoms with Crippen LogP contribution in [0.5, 0.6) is 0 Å². The molecule has 3 N–H and O–H groups in total. The van der Waals surface area contributed by atoms with Crippen molar-refractivity contribution in [3.8, 4) is 0 Å². The van der Waals surface area contributed by atoms with E-state index in [-0.39, 0.29) is 23.8 Å². The van der Waals surface area contributed by atoms with E-state index < -0.39 is 36.2 Å². The van der Waals surface area contributed by atoms with Crippen molar-refractivity contribution in [3.05, 3.63) is 11.6 Å². The fourth-order valence-corrected chi connectivity index (χ4v) is 3.92. The molecule has 1 heterocycles. The number of halogens is 3. The van der Waals surface area contributed by atoms with Crippen molar-refractivity contribution in [2.45, 2.75) is 57.4 Å². The SMILES string of the molecule is CCOC[C@H]1CCCN([C@@H]2C=C(C(=O)OC(=O)C(F)(F)F)C[C@H](N)[C@H]2NC(C)=O)C1. The number of rotatable bonds is 6. The molecule has 0 bridgehead atoms. The number of hydrogen-bond donors (Lipinski definition) is 2.